The molecule has 0 radical (unpaired) electrons. The fraction of sp³-hybridized carbons (Fsp3) is 0.600. The van der Waals surface area contributed by atoms with Gasteiger partial charge in [0.1, 0.15) is 5.82 Å². The molecule has 0 aliphatic heterocycles. The zero-order valence-electron chi connectivity index (χ0n) is 11.6. The van der Waals surface area contributed by atoms with Gasteiger partial charge >= 0.3 is 0 Å². The highest BCUT2D eigenvalue weighted by Crippen LogP contribution is 2.23. The lowest BCUT2D eigenvalue weighted by Gasteiger charge is -2.22. The van der Waals surface area contributed by atoms with Gasteiger partial charge < -0.3 is 5.32 Å². The maximum Gasteiger partial charge on any atom is 0.126 e. The van der Waals surface area contributed by atoms with Gasteiger partial charge in [0.2, 0.25) is 0 Å². The molecule has 0 spiro atoms. The number of hydrogen-bond donors (Lipinski definition) is 1. The van der Waals surface area contributed by atoms with Crippen molar-refractivity contribution >= 4 is 0 Å². The van der Waals surface area contributed by atoms with E-state index in [1.54, 1.807) is 6.07 Å². The van der Waals surface area contributed by atoms with Crippen LogP contribution in [0.1, 0.15) is 51.2 Å². The smallest absolute Gasteiger partial charge is 0.126 e. The van der Waals surface area contributed by atoms with Crippen LogP contribution in [0, 0.1) is 12.7 Å². The van der Waals surface area contributed by atoms with Gasteiger partial charge in [-0.1, -0.05) is 24.6 Å². The van der Waals surface area contributed by atoms with Gasteiger partial charge in [-0.3, -0.25) is 0 Å². The first-order chi connectivity index (χ1) is 7.79. The molecule has 2 heteroatoms. The summed E-state index contributed by atoms with van der Waals surface area (Å²) in [5, 5.41) is 3.43. The molecule has 0 aromatic heterocycles. The number of hydrogen-bond acceptors (Lipinski definition) is 1. The summed E-state index contributed by atoms with van der Waals surface area (Å²) in [5.74, 6) is 0.170. The molecule has 1 aromatic rings. The summed E-state index contributed by atoms with van der Waals surface area (Å²) >= 11 is 0. The average molecular weight is 237 g/mol. The Balaban J connectivity index is 2.58. The Bertz CT molecular complexity index is 366. The van der Waals surface area contributed by atoms with Crippen LogP contribution >= 0.6 is 0 Å². The van der Waals surface area contributed by atoms with Gasteiger partial charge in [-0.15, -0.1) is 0 Å². The summed E-state index contributed by atoms with van der Waals surface area (Å²) in [4.78, 5) is 0. The van der Waals surface area contributed by atoms with E-state index in [9.17, 15) is 4.39 Å². The fourth-order valence-corrected chi connectivity index (χ4v) is 1.86. The Hall–Kier alpha value is -0.890. The number of nitrogens with one attached hydrogen (secondary N) is 1. The van der Waals surface area contributed by atoms with Crippen molar-refractivity contribution < 1.29 is 4.39 Å². The van der Waals surface area contributed by atoms with Gasteiger partial charge in [0.15, 0.2) is 0 Å². The first kappa shape index (κ1) is 14.2. The first-order valence-electron chi connectivity index (χ1n) is 6.30. The summed E-state index contributed by atoms with van der Waals surface area (Å²) in [5.41, 5.74) is 2.09. The van der Waals surface area contributed by atoms with Gasteiger partial charge in [0.25, 0.3) is 0 Å². The summed E-state index contributed by atoms with van der Waals surface area (Å²) in [7, 11) is 0. The second-order valence-electron chi connectivity index (χ2n) is 5.89. The molecule has 17 heavy (non-hydrogen) atoms. The maximum absolute atomic E-state index is 13.7. The molecule has 1 N–H and O–H groups in total. The molecule has 0 fully saturated rings. The quantitative estimate of drug-likeness (QED) is 0.834. The predicted molar refractivity (Wildman–Crippen MR) is 71.9 cm³/mol. The Morgan fingerprint density at radius 2 is 1.94 bits per heavy atom. The topological polar surface area (TPSA) is 12.0 Å². The third-order valence-electron chi connectivity index (χ3n) is 2.92. The predicted octanol–water partition coefficient (Wildman–Crippen LogP) is 4.02. The number of halogens is 1. The molecule has 1 nitrogen and oxygen atoms in total. The SMILES string of the molecule is Cc1ccc(F)c(C(C)CCNC(C)(C)C)c1. The van der Waals surface area contributed by atoms with Crippen molar-refractivity contribution in [3.8, 4) is 0 Å². The first-order valence-corrected chi connectivity index (χ1v) is 6.30. The molecule has 0 bridgehead atoms. The Labute approximate surface area is 104 Å². The highest BCUT2D eigenvalue weighted by molar-refractivity contribution is 5.26. The Morgan fingerprint density at radius 1 is 1.29 bits per heavy atom. The second kappa shape index (κ2) is 5.63. The monoisotopic (exact) mass is 237 g/mol. The molecule has 0 amide bonds. The van der Waals surface area contributed by atoms with Crippen molar-refractivity contribution in [1.82, 2.24) is 5.32 Å². The van der Waals surface area contributed by atoms with E-state index < -0.39 is 0 Å². The molecule has 0 heterocycles. The van der Waals surface area contributed by atoms with Gasteiger partial charge in [-0.2, -0.15) is 0 Å². The highest BCUT2D eigenvalue weighted by atomic mass is 19.1. The molecule has 0 saturated carbocycles. The summed E-state index contributed by atoms with van der Waals surface area (Å²) in [6, 6.07) is 5.34. The Morgan fingerprint density at radius 3 is 2.53 bits per heavy atom. The van der Waals surface area contributed by atoms with Crippen LogP contribution in [0.15, 0.2) is 18.2 Å². The van der Waals surface area contributed by atoms with Crippen LogP contribution in [0.3, 0.4) is 0 Å². The van der Waals surface area contributed by atoms with Crippen molar-refractivity contribution in [2.24, 2.45) is 0 Å². The minimum absolute atomic E-state index is 0.0844. The van der Waals surface area contributed by atoms with E-state index in [0.29, 0.717) is 0 Å². The molecule has 96 valence electrons. The van der Waals surface area contributed by atoms with E-state index in [-0.39, 0.29) is 17.3 Å². The molecule has 0 saturated heterocycles. The van der Waals surface area contributed by atoms with Crippen LogP contribution in [0.4, 0.5) is 4.39 Å². The highest BCUT2D eigenvalue weighted by Gasteiger charge is 2.13. The normalized spacial score (nSPS) is 13.8. The van der Waals surface area contributed by atoms with Crippen LogP contribution < -0.4 is 5.32 Å². The van der Waals surface area contributed by atoms with Gasteiger partial charge in [-0.05, 0) is 58.2 Å². The van der Waals surface area contributed by atoms with Crippen LogP contribution in [0.2, 0.25) is 0 Å². The summed E-state index contributed by atoms with van der Waals surface area (Å²) in [6.07, 6.45) is 0.956. The fourth-order valence-electron chi connectivity index (χ4n) is 1.86. The van der Waals surface area contributed by atoms with Gasteiger partial charge in [-0.25, -0.2) is 4.39 Å². The van der Waals surface area contributed by atoms with E-state index in [1.165, 1.54) is 0 Å². The largest absolute Gasteiger partial charge is 0.312 e. The summed E-state index contributed by atoms with van der Waals surface area (Å²) in [6.45, 7) is 11.4. The lowest BCUT2D eigenvalue weighted by atomic mass is 9.95. The molecule has 0 aliphatic carbocycles. The minimum Gasteiger partial charge on any atom is -0.312 e. The van der Waals surface area contributed by atoms with E-state index >= 15 is 0 Å². The second-order valence-corrected chi connectivity index (χ2v) is 5.89. The number of benzene rings is 1. The maximum atomic E-state index is 13.7. The molecule has 1 atom stereocenters. The lowest BCUT2D eigenvalue weighted by molar-refractivity contribution is 0.412. The van der Waals surface area contributed by atoms with E-state index in [4.69, 9.17) is 0 Å². The van der Waals surface area contributed by atoms with Crippen LogP contribution in [-0.4, -0.2) is 12.1 Å². The van der Waals surface area contributed by atoms with E-state index in [1.807, 2.05) is 19.1 Å². The molecule has 0 aliphatic rings. The third kappa shape index (κ3) is 4.86. The average Bonchev–Trinajstić information content (AvgIpc) is 2.19. The lowest BCUT2D eigenvalue weighted by Crippen LogP contribution is -2.36. The van der Waals surface area contributed by atoms with Crippen molar-refractivity contribution in [2.45, 2.75) is 52.5 Å². The van der Waals surface area contributed by atoms with Crippen molar-refractivity contribution in [3.05, 3.63) is 35.1 Å². The standard InChI is InChI=1S/C15H24FN/c1-11-6-7-14(16)13(10-11)12(2)8-9-17-15(3,4)5/h6-7,10,12,17H,8-9H2,1-5H3. The Kier molecular flexibility index (Phi) is 4.70. The molecular weight excluding hydrogens is 213 g/mol. The van der Waals surface area contributed by atoms with Crippen molar-refractivity contribution in [3.63, 3.8) is 0 Å². The van der Waals surface area contributed by atoms with Crippen LogP contribution in [0.5, 0.6) is 0 Å². The number of aryl methyl sites for hydroxylation is 1. The zero-order chi connectivity index (χ0) is 13.1. The van der Waals surface area contributed by atoms with Crippen LogP contribution in [0.25, 0.3) is 0 Å². The van der Waals surface area contributed by atoms with Crippen molar-refractivity contribution in [1.29, 1.82) is 0 Å². The molecular formula is C15H24FN. The third-order valence-corrected chi connectivity index (χ3v) is 2.92. The van der Waals surface area contributed by atoms with Crippen molar-refractivity contribution in [2.75, 3.05) is 6.54 Å². The summed E-state index contributed by atoms with van der Waals surface area (Å²) < 4.78 is 13.7. The van der Waals surface area contributed by atoms with Crippen LogP contribution in [-0.2, 0) is 0 Å². The molecule has 1 aromatic carbocycles. The minimum atomic E-state index is -0.0844. The van der Waals surface area contributed by atoms with E-state index in [0.717, 1.165) is 24.1 Å². The molecule has 1 unspecified atom stereocenters. The molecule has 1 rings (SSSR count). The van der Waals surface area contributed by atoms with Gasteiger partial charge in [0.05, 0.1) is 0 Å². The zero-order valence-corrected chi connectivity index (χ0v) is 11.6. The van der Waals surface area contributed by atoms with Gasteiger partial charge in [0, 0.05) is 5.54 Å². The van der Waals surface area contributed by atoms with E-state index in [2.05, 4.69) is 33.0 Å². The number of rotatable bonds is 4.